The van der Waals surface area contributed by atoms with E-state index >= 15 is 0 Å². The Balaban J connectivity index is 2.31. The van der Waals surface area contributed by atoms with Crippen LogP contribution in [0, 0.1) is 4.77 Å². The molecule has 1 N–H and O–H groups in total. The summed E-state index contributed by atoms with van der Waals surface area (Å²) in [7, 11) is 1.58. The fourth-order valence-electron chi connectivity index (χ4n) is 2.49. The Kier molecular flexibility index (Phi) is 3.70. The predicted molar refractivity (Wildman–Crippen MR) is 84.6 cm³/mol. The number of ether oxygens (including phenoxy) is 1. The standard InChI is InChI=1S/C15H16N4OS/c1-3-6-10-7-4-5-8-11(10)19-13-12(18-15(19)21)14(20-2)17-9-16-13/h4-5,7-9H,3,6H2,1-2H3,(H,18,21). The van der Waals surface area contributed by atoms with Gasteiger partial charge in [0, 0.05) is 0 Å². The number of aromatic amines is 1. The fraction of sp³-hybridized carbons (Fsp3) is 0.267. The molecule has 21 heavy (non-hydrogen) atoms. The predicted octanol–water partition coefficient (Wildman–Crippen LogP) is 3.44. The number of nitrogens with zero attached hydrogens (tertiary/aromatic N) is 3. The number of nitrogens with one attached hydrogen (secondary N) is 1. The summed E-state index contributed by atoms with van der Waals surface area (Å²) in [4.78, 5) is 11.6. The Hall–Kier alpha value is -2.21. The van der Waals surface area contributed by atoms with Crippen LogP contribution < -0.4 is 4.74 Å². The summed E-state index contributed by atoms with van der Waals surface area (Å²) in [6.07, 6.45) is 3.56. The SMILES string of the molecule is CCCc1ccccc1-n1c(=S)[nH]c2c(OC)ncnc21. The maximum Gasteiger partial charge on any atom is 0.242 e. The topological polar surface area (TPSA) is 55.7 Å². The summed E-state index contributed by atoms with van der Waals surface area (Å²) >= 11 is 5.47. The molecule has 108 valence electrons. The van der Waals surface area contributed by atoms with E-state index in [9.17, 15) is 0 Å². The van der Waals surface area contributed by atoms with Crippen molar-refractivity contribution in [1.29, 1.82) is 0 Å². The summed E-state index contributed by atoms with van der Waals surface area (Å²) in [6.45, 7) is 2.16. The fourth-order valence-corrected chi connectivity index (χ4v) is 2.77. The molecule has 2 heterocycles. The zero-order valence-corrected chi connectivity index (χ0v) is 12.8. The number of methoxy groups -OCH3 is 1. The van der Waals surface area contributed by atoms with Gasteiger partial charge in [-0.1, -0.05) is 31.5 Å². The van der Waals surface area contributed by atoms with E-state index in [0.29, 0.717) is 10.7 Å². The molecule has 0 radical (unpaired) electrons. The molecule has 3 aromatic rings. The summed E-state index contributed by atoms with van der Waals surface area (Å²) in [5.74, 6) is 0.498. The second-order valence-corrected chi connectivity index (χ2v) is 5.11. The lowest BCUT2D eigenvalue weighted by Gasteiger charge is -2.10. The highest BCUT2D eigenvalue weighted by Gasteiger charge is 2.14. The van der Waals surface area contributed by atoms with Crippen LogP contribution in [-0.2, 0) is 6.42 Å². The van der Waals surface area contributed by atoms with Gasteiger partial charge in [-0.2, -0.15) is 4.98 Å². The van der Waals surface area contributed by atoms with E-state index < -0.39 is 0 Å². The molecule has 0 atom stereocenters. The van der Waals surface area contributed by atoms with Gasteiger partial charge in [-0.3, -0.25) is 4.57 Å². The number of H-pyrrole nitrogens is 1. The lowest BCUT2D eigenvalue weighted by molar-refractivity contribution is 0.401. The number of para-hydroxylation sites is 1. The van der Waals surface area contributed by atoms with Gasteiger partial charge < -0.3 is 9.72 Å². The summed E-state index contributed by atoms with van der Waals surface area (Å²) in [6, 6.07) is 8.23. The zero-order chi connectivity index (χ0) is 14.8. The zero-order valence-electron chi connectivity index (χ0n) is 12.0. The van der Waals surface area contributed by atoms with Crippen LogP contribution in [0.3, 0.4) is 0 Å². The third-order valence-corrected chi connectivity index (χ3v) is 3.67. The third kappa shape index (κ3) is 2.31. The van der Waals surface area contributed by atoms with Crippen LogP contribution in [0.25, 0.3) is 16.9 Å². The van der Waals surface area contributed by atoms with Crippen molar-refractivity contribution in [3.63, 3.8) is 0 Å². The molecule has 0 fully saturated rings. The maximum atomic E-state index is 5.47. The molecule has 0 aliphatic rings. The number of imidazole rings is 1. The number of hydrogen-bond acceptors (Lipinski definition) is 4. The van der Waals surface area contributed by atoms with Crippen LogP contribution in [0.1, 0.15) is 18.9 Å². The molecule has 5 nitrogen and oxygen atoms in total. The normalized spacial score (nSPS) is 11.0. The molecule has 0 aliphatic heterocycles. The van der Waals surface area contributed by atoms with Crippen molar-refractivity contribution in [1.82, 2.24) is 19.5 Å². The third-order valence-electron chi connectivity index (χ3n) is 3.38. The Morgan fingerprint density at radius 2 is 2.10 bits per heavy atom. The van der Waals surface area contributed by atoms with Crippen LogP contribution >= 0.6 is 12.2 Å². The van der Waals surface area contributed by atoms with Crippen molar-refractivity contribution in [2.45, 2.75) is 19.8 Å². The Morgan fingerprint density at radius 1 is 1.29 bits per heavy atom. The van der Waals surface area contributed by atoms with Crippen LogP contribution in [0.2, 0.25) is 0 Å². The monoisotopic (exact) mass is 300 g/mol. The largest absolute Gasteiger partial charge is 0.479 e. The Bertz CT molecular complexity index is 837. The van der Waals surface area contributed by atoms with Gasteiger partial charge in [0.25, 0.3) is 0 Å². The highest BCUT2D eigenvalue weighted by atomic mass is 32.1. The van der Waals surface area contributed by atoms with Crippen LogP contribution in [0.4, 0.5) is 0 Å². The number of aromatic nitrogens is 4. The van der Waals surface area contributed by atoms with Gasteiger partial charge in [0.1, 0.15) is 11.8 Å². The quantitative estimate of drug-likeness (QED) is 0.750. The van der Waals surface area contributed by atoms with Crippen LogP contribution in [0.15, 0.2) is 30.6 Å². The molecule has 0 spiro atoms. The highest BCUT2D eigenvalue weighted by Crippen LogP contribution is 2.25. The molecule has 0 unspecified atom stereocenters. The Labute approximate surface area is 127 Å². The van der Waals surface area contributed by atoms with E-state index in [1.54, 1.807) is 7.11 Å². The van der Waals surface area contributed by atoms with Crippen LogP contribution in [-0.4, -0.2) is 26.6 Å². The number of fused-ring (bicyclic) bond motifs is 1. The molecule has 0 amide bonds. The minimum atomic E-state index is 0.498. The summed E-state index contributed by atoms with van der Waals surface area (Å²) < 4.78 is 7.80. The van der Waals surface area contributed by atoms with E-state index in [-0.39, 0.29) is 0 Å². The Morgan fingerprint density at radius 3 is 2.86 bits per heavy atom. The molecule has 2 aromatic heterocycles. The first-order chi connectivity index (χ1) is 10.3. The number of aryl methyl sites for hydroxylation is 1. The van der Waals surface area contributed by atoms with E-state index in [4.69, 9.17) is 17.0 Å². The molecule has 6 heteroatoms. The van der Waals surface area contributed by atoms with Gasteiger partial charge in [0.05, 0.1) is 12.8 Å². The molecular weight excluding hydrogens is 284 g/mol. The molecule has 1 aromatic carbocycles. The lowest BCUT2D eigenvalue weighted by atomic mass is 10.1. The molecular formula is C15H16N4OS. The van der Waals surface area contributed by atoms with Crippen molar-refractivity contribution in [2.75, 3.05) is 7.11 Å². The maximum absolute atomic E-state index is 5.47. The van der Waals surface area contributed by atoms with Crippen LogP contribution in [0.5, 0.6) is 5.88 Å². The molecule has 3 rings (SSSR count). The first kappa shape index (κ1) is 13.8. The van der Waals surface area contributed by atoms with Gasteiger partial charge in [-0.15, -0.1) is 0 Å². The second kappa shape index (κ2) is 5.65. The van der Waals surface area contributed by atoms with Crippen molar-refractivity contribution in [3.8, 4) is 11.6 Å². The molecule has 0 saturated heterocycles. The van der Waals surface area contributed by atoms with Gasteiger partial charge in [0.2, 0.25) is 5.88 Å². The summed E-state index contributed by atoms with van der Waals surface area (Å²) in [5.41, 5.74) is 3.75. The van der Waals surface area contributed by atoms with E-state index in [0.717, 1.165) is 29.7 Å². The summed E-state index contributed by atoms with van der Waals surface area (Å²) in [5, 5.41) is 0. The van der Waals surface area contributed by atoms with Gasteiger partial charge in [-0.05, 0) is 30.3 Å². The van der Waals surface area contributed by atoms with Crippen molar-refractivity contribution < 1.29 is 4.74 Å². The average molecular weight is 300 g/mol. The van der Waals surface area contributed by atoms with Gasteiger partial charge >= 0.3 is 0 Å². The number of rotatable bonds is 4. The number of hydrogen-bond donors (Lipinski definition) is 1. The van der Waals surface area contributed by atoms with Gasteiger partial charge in [-0.25, -0.2) is 4.98 Å². The van der Waals surface area contributed by atoms with Gasteiger partial charge in [0.15, 0.2) is 10.4 Å². The smallest absolute Gasteiger partial charge is 0.242 e. The average Bonchev–Trinajstić information content (AvgIpc) is 2.84. The first-order valence-electron chi connectivity index (χ1n) is 6.84. The lowest BCUT2D eigenvalue weighted by Crippen LogP contribution is -2.01. The number of benzene rings is 1. The first-order valence-corrected chi connectivity index (χ1v) is 7.25. The van der Waals surface area contributed by atoms with Crippen molar-refractivity contribution in [2.24, 2.45) is 0 Å². The second-order valence-electron chi connectivity index (χ2n) is 4.73. The highest BCUT2D eigenvalue weighted by molar-refractivity contribution is 7.71. The molecule has 0 aliphatic carbocycles. The minimum Gasteiger partial charge on any atom is -0.479 e. The van der Waals surface area contributed by atoms with Crippen molar-refractivity contribution >= 4 is 23.4 Å². The van der Waals surface area contributed by atoms with Crippen molar-refractivity contribution in [3.05, 3.63) is 40.9 Å². The molecule has 0 saturated carbocycles. The minimum absolute atomic E-state index is 0.498. The van der Waals surface area contributed by atoms with E-state index in [1.807, 2.05) is 16.7 Å². The molecule has 0 bridgehead atoms. The van der Waals surface area contributed by atoms with E-state index in [2.05, 4.69) is 34.0 Å². The van der Waals surface area contributed by atoms with E-state index in [1.165, 1.54) is 11.9 Å².